The van der Waals surface area contributed by atoms with Crippen molar-refractivity contribution in [2.24, 2.45) is 11.3 Å². The van der Waals surface area contributed by atoms with Gasteiger partial charge in [-0.15, -0.1) is 0 Å². The van der Waals surface area contributed by atoms with E-state index in [1.165, 1.54) is 28.8 Å². The van der Waals surface area contributed by atoms with Crippen LogP contribution in [0, 0.1) is 23.0 Å². The van der Waals surface area contributed by atoms with E-state index < -0.39 is 40.2 Å². The van der Waals surface area contributed by atoms with Crippen LogP contribution in [0.25, 0.3) is 22.3 Å². The third-order valence-electron chi connectivity index (χ3n) is 9.43. The second-order valence-corrected chi connectivity index (χ2v) is 12.3. The van der Waals surface area contributed by atoms with Gasteiger partial charge >= 0.3 is 5.69 Å². The van der Waals surface area contributed by atoms with Crippen molar-refractivity contribution in [3.63, 3.8) is 0 Å². The highest BCUT2D eigenvalue weighted by Gasteiger charge is 2.43. The monoisotopic (exact) mass is 603 g/mol. The van der Waals surface area contributed by atoms with E-state index in [1.807, 2.05) is 37.8 Å². The number of aromatic nitrogens is 3. The average molecular weight is 604 g/mol. The molecule has 1 fully saturated rings. The molecule has 1 aliphatic heterocycles. The number of hydrogen-bond acceptors (Lipinski definition) is 6. The van der Waals surface area contributed by atoms with Gasteiger partial charge in [-0.1, -0.05) is 51.6 Å². The number of piperazine rings is 1. The van der Waals surface area contributed by atoms with Crippen molar-refractivity contribution >= 4 is 22.8 Å². The Morgan fingerprint density at radius 3 is 2.55 bits per heavy atom. The van der Waals surface area contributed by atoms with Crippen molar-refractivity contribution in [3.8, 4) is 17.0 Å². The number of hydrogen-bond donors (Lipinski definition) is 1. The molecule has 3 heterocycles. The zero-order valence-electron chi connectivity index (χ0n) is 26.0. The van der Waals surface area contributed by atoms with Gasteiger partial charge in [0, 0.05) is 30.6 Å². The highest BCUT2D eigenvalue weighted by atomic mass is 19.1. The van der Waals surface area contributed by atoms with E-state index in [1.54, 1.807) is 4.90 Å². The van der Waals surface area contributed by atoms with Crippen molar-refractivity contribution in [1.82, 2.24) is 19.4 Å². The molecule has 0 spiro atoms. The van der Waals surface area contributed by atoms with E-state index in [0.29, 0.717) is 19.5 Å². The van der Waals surface area contributed by atoms with Crippen molar-refractivity contribution in [2.45, 2.75) is 66.1 Å². The molecule has 4 atom stereocenters. The molecular formula is C34H39F2N5O3. The number of anilines is 1. The highest BCUT2D eigenvalue weighted by molar-refractivity contribution is 5.91. The van der Waals surface area contributed by atoms with Crippen LogP contribution in [-0.2, 0) is 4.79 Å². The van der Waals surface area contributed by atoms with Crippen LogP contribution < -0.4 is 10.6 Å². The van der Waals surface area contributed by atoms with Gasteiger partial charge < -0.3 is 14.9 Å². The summed E-state index contributed by atoms with van der Waals surface area (Å²) in [6.07, 6.45) is 8.01. The quantitative estimate of drug-likeness (QED) is 0.339. The van der Waals surface area contributed by atoms with Gasteiger partial charge in [-0.2, -0.15) is 4.98 Å². The number of carbonyl (C=O) groups excluding carboxylic acids is 1. The van der Waals surface area contributed by atoms with Crippen molar-refractivity contribution in [1.29, 1.82) is 0 Å². The number of aromatic hydroxyl groups is 1. The van der Waals surface area contributed by atoms with Gasteiger partial charge in [0.05, 0.1) is 17.0 Å². The molecular weight excluding hydrogens is 564 g/mol. The van der Waals surface area contributed by atoms with Gasteiger partial charge in [-0.05, 0) is 63.0 Å². The minimum atomic E-state index is -0.867. The summed E-state index contributed by atoms with van der Waals surface area (Å²) >= 11 is 0. The van der Waals surface area contributed by atoms with E-state index >= 15 is 8.78 Å². The standard InChI is InChI=1S/C34H39F2N5O3/c1-8-27(43)39-17-22(7)40(18-21(39)6)31-23-16-25(36)29(28-24(35)13-10-14-26(28)42)37-32(23)41(33(44)38-31)30-20(5)12-11-15-34(30,9-2)19(3)4/h8,10-16,19,21-22,30,42H,1,9,17-18H2,2-7H3/t21-,22+,30?,34?/m1/s1. The summed E-state index contributed by atoms with van der Waals surface area (Å²) in [4.78, 5) is 39.6. The summed E-state index contributed by atoms with van der Waals surface area (Å²) in [5.74, 6) is -2.03. The molecule has 0 radical (unpaired) electrons. The predicted octanol–water partition coefficient (Wildman–Crippen LogP) is 6.16. The molecule has 44 heavy (non-hydrogen) atoms. The first kappa shape index (κ1) is 31.1. The molecule has 2 aromatic heterocycles. The molecule has 232 valence electrons. The van der Waals surface area contributed by atoms with Crippen LogP contribution in [0.1, 0.15) is 54.0 Å². The number of carbonyl (C=O) groups is 1. The topological polar surface area (TPSA) is 91.6 Å². The normalized spacial score (nSPS) is 23.8. The predicted molar refractivity (Wildman–Crippen MR) is 168 cm³/mol. The van der Waals surface area contributed by atoms with Gasteiger partial charge in [0.1, 0.15) is 28.7 Å². The smallest absolute Gasteiger partial charge is 0.351 e. The Morgan fingerprint density at radius 1 is 1.18 bits per heavy atom. The summed E-state index contributed by atoms with van der Waals surface area (Å²) in [6, 6.07) is 3.91. The maximum Gasteiger partial charge on any atom is 0.351 e. The number of halogens is 2. The van der Waals surface area contributed by atoms with Crippen LogP contribution in [-0.4, -0.2) is 55.6 Å². The molecule has 1 saturated heterocycles. The summed E-state index contributed by atoms with van der Waals surface area (Å²) in [5, 5.41) is 10.8. The maximum atomic E-state index is 16.0. The molecule has 3 aromatic rings. The van der Waals surface area contributed by atoms with Gasteiger partial charge in [0.2, 0.25) is 5.91 Å². The molecule has 2 aliphatic rings. The third-order valence-corrected chi connectivity index (χ3v) is 9.43. The molecule has 0 saturated carbocycles. The first-order valence-corrected chi connectivity index (χ1v) is 15.0. The zero-order chi connectivity index (χ0) is 32.1. The fraction of sp³-hybridized carbons (Fsp3) is 0.412. The second-order valence-electron chi connectivity index (χ2n) is 12.3. The van der Waals surface area contributed by atoms with Gasteiger partial charge in [0.25, 0.3) is 0 Å². The second kappa shape index (κ2) is 11.6. The lowest BCUT2D eigenvalue weighted by Crippen LogP contribution is -2.58. The van der Waals surface area contributed by atoms with Gasteiger partial charge in [-0.3, -0.25) is 9.36 Å². The van der Waals surface area contributed by atoms with E-state index in [4.69, 9.17) is 0 Å². The summed E-state index contributed by atoms with van der Waals surface area (Å²) < 4.78 is 32.6. The molecule has 10 heteroatoms. The number of nitrogens with zero attached hydrogens (tertiary/aromatic N) is 5. The number of rotatable bonds is 6. The Balaban J connectivity index is 1.84. The number of amides is 1. The summed E-state index contributed by atoms with van der Waals surface area (Å²) in [6.45, 7) is 16.3. The van der Waals surface area contributed by atoms with Crippen LogP contribution in [0.2, 0.25) is 0 Å². The summed E-state index contributed by atoms with van der Waals surface area (Å²) in [7, 11) is 0. The molecule has 1 amide bonds. The van der Waals surface area contributed by atoms with Crippen molar-refractivity contribution in [3.05, 3.63) is 82.8 Å². The number of phenols is 1. The minimum Gasteiger partial charge on any atom is -0.507 e. The van der Waals surface area contributed by atoms with Crippen molar-refractivity contribution < 1.29 is 18.7 Å². The molecule has 5 rings (SSSR count). The fourth-order valence-electron chi connectivity index (χ4n) is 7.00. The Labute approximate surface area is 256 Å². The summed E-state index contributed by atoms with van der Waals surface area (Å²) in [5.41, 5.74) is -0.819. The maximum absolute atomic E-state index is 16.0. The largest absolute Gasteiger partial charge is 0.507 e. The van der Waals surface area contributed by atoms with Gasteiger partial charge in [0.15, 0.2) is 5.82 Å². The molecule has 2 unspecified atom stereocenters. The highest BCUT2D eigenvalue weighted by Crippen LogP contribution is 2.50. The Bertz CT molecular complexity index is 1740. The van der Waals surface area contributed by atoms with Crippen LogP contribution in [0.5, 0.6) is 5.75 Å². The number of fused-ring (bicyclic) bond motifs is 1. The first-order valence-electron chi connectivity index (χ1n) is 15.0. The number of benzene rings is 1. The Morgan fingerprint density at radius 2 is 1.91 bits per heavy atom. The average Bonchev–Trinajstić information content (AvgIpc) is 2.98. The Hall–Kier alpha value is -4.34. The molecule has 8 nitrogen and oxygen atoms in total. The lowest BCUT2D eigenvalue weighted by Gasteiger charge is -2.46. The molecule has 0 bridgehead atoms. The van der Waals surface area contributed by atoms with Crippen LogP contribution in [0.3, 0.4) is 0 Å². The molecule has 1 aliphatic carbocycles. The van der Waals surface area contributed by atoms with Gasteiger partial charge in [-0.25, -0.2) is 18.6 Å². The van der Waals surface area contributed by atoms with Crippen molar-refractivity contribution in [2.75, 3.05) is 18.0 Å². The first-order chi connectivity index (χ1) is 20.9. The lowest BCUT2D eigenvalue weighted by atomic mass is 9.65. The number of pyridine rings is 1. The molecule has 1 N–H and O–H groups in total. The minimum absolute atomic E-state index is 0.103. The fourth-order valence-corrected chi connectivity index (χ4v) is 7.00. The number of allylic oxidation sites excluding steroid dienone is 4. The lowest BCUT2D eigenvalue weighted by molar-refractivity contribution is -0.128. The Kier molecular flexibility index (Phi) is 8.22. The zero-order valence-corrected chi connectivity index (χ0v) is 26.0. The van der Waals surface area contributed by atoms with E-state index in [9.17, 15) is 14.7 Å². The third kappa shape index (κ3) is 4.90. The van der Waals surface area contributed by atoms with E-state index in [-0.39, 0.29) is 46.3 Å². The van der Waals surface area contributed by atoms with Crippen LogP contribution in [0.15, 0.2) is 65.5 Å². The number of phenolic OH excluding ortho intramolecular Hbond substituents is 1. The van der Waals surface area contributed by atoms with E-state index in [0.717, 1.165) is 11.6 Å². The van der Waals surface area contributed by atoms with E-state index in [2.05, 4.69) is 43.4 Å². The van der Waals surface area contributed by atoms with Crippen LogP contribution >= 0.6 is 0 Å². The SMILES string of the molecule is C=CC(=O)N1C[C@H](C)N(c2nc(=O)n(C3C(C)=CC=CC3(CC)C(C)C)c3nc(-c4c(O)cccc4F)c(F)cc23)C[C@H]1C. The van der Waals surface area contributed by atoms with Crippen LogP contribution in [0.4, 0.5) is 14.6 Å². The molecule has 1 aromatic carbocycles.